The van der Waals surface area contributed by atoms with Crippen molar-refractivity contribution in [2.24, 2.45) is 4.99 Å². The third-order valence-corrected chi connectivity index (χ3v) is 7.72. The molecule has 28 heavy (non-hydrogen) atoms. The molecule has 8 heteroatoms. The maximum absolute atomic E-state index is 13.6. The Kier molecular flexibility index (Phi) is 4.81. The van der Waals surface area contributed by atoms with E-state index in [0.717, 1.165) is 5.69 Å². The Morgan fingerprint density at radius 1 is 0.964 bits per heavy atom. The molecule has 0 radical (unpaired) electrons. The first-order valence-electron chi connectivity index (χ1n) is 8.64. The van der Waals surface area contributed by atoms with Crippen LogP contribution >= 0.6 is 23.2 Å². The van der Waals surface area contributed by atoms with Gasteiger partial charge in [-0.25, -0.2) is 18.1 Å². The summed E-state index contributed by atoms with van der Waals surface area (Å²) < 4.78 is 28.8. The van der Waals surface area contributed by atoms with Crippen molar-refractivity contribution in [3.05, 3.63) is 75.9 Å². The summed E-state index contributed by atoms with van der Waals surface area (Å²) >= 11 is 12.3. The molecule has 0 saturated carbocycles. The summed E-state index contributed by atoms with van der Waals surface area (Å²) in [7, 11) is -3.73. The SMILES string of the molecule is CC1=Nc2cc(C)nn2C(c2ccc(Cl)c(Cl)c2)C1S(=O)(=O)c1ccccc1. The number of halogens is 2. The molecule has 2 unspecified atom stereocenters. The molecule has 2 aromatic carbocycles. The number of rotatable bonds is 3. The summed E-state index contributed by atoms with van der Waals surface area (Å²) in [5, 5.41) is 4.37. The van der Waals surface area contributed by atoms with Crippen LogP contribution in [-0.2, 0) is 9.84 Å². The van der Waals surface area contributed by atoms with Crippen LogP contribution in [0.2, 0.25) is 10.0 Å². The quantitative estimate of drug-likeness (QED) is 0.581. The molecular formula is C20H17Cl2N3O2S. The van der Waals surface area contributed by atoms with E-state index in [9.17, 15) is 8.42 Å². The molecule has 0 fully saturated rings. The van der Waals surface area contributed by atoms with E-state index in [2.05, 4.69) is 10.1 Å². The van der Waals surface area contributed by atoms with Crippen LogP contribution in [0.4, 0.5) is 5.82 Å². The van der Waals surface area contributed by atoms with E-state index in [1.54, 1.807) is 60.1 Å². The zero-order valence-corrected chi connectivity index (χ0v) is 17.5. The largest absolute Gasteiger partial charge is 0.238 e. The molecule has 0 saturated heterocycles. The van der Waals surface area contributed by atoms with E-state index in [4.69, 9.17) is 23.2 Å². The Labute approximate surface area is 173 Å². The van der Waals surface area contributed by atoms with Crippen molar-refractivity contribution in [3.8, 4) is 0 Å². The first kappa shape index (κ1) is 19.2. The summed E-state index contributed by atoms with van der Waals surface area (Å²) in [5.41, 5.74) is 1.97. The Morgan fingerprint density at radius 2 is 1.68 bits per heavy atom. The molecule has 4 rings (SSSR count). The molecule has 0 amide bonds. The maximum Gasteiger partial charge on any atom is 0.189 e. The monoisotopic (exact) mass is 433 g/mol. The van der Waals surface area contributed by atoms with Gasteiger partial charge in [0.15, 0.2) is 15.7 Å². The van der Waals surface area contributed by atoms with Crippen molar-refractivity contribution in [1.29, 1.82) is 0 Å². The van der Waals surface area contributed by atoms with Crippen LogP contribution < -0.4 is 0 Å². The number of aliphatic imine (C=N–C) groups is 1. The molecule has 5 nitrogen and oxygen atoms in total. The van der Waals surface area contributed by atoms with Crippen molar-refractivity contribution < 1.29 is 8.42 Å². The van der Waals surface area contributed by atoms with Gasteiger partial charge >= 0.3 is 0 Å². The lowest BCUT2D eigenvalue weighted by molar-refractivity contribution is 0.508. The summed E-state index contributed by atoms with van der Waals surface area (Å²) in [6, 6.07) is 14.8. The van der Waals surface area contributed by atoms with Crippen LogP contribution in [0.3, 0.4) is 0 Å². The molecular weight excluding hydrogens is 417 g/mol. The van der Waals surface area contributed by atoms with E-state index in [-0.39, 0.29) is 4.90 Å². The lowest BCUT2D eigenvalue weighted by Gasteiger charge is -2.32. The van der Waals surface area contributed by atoms with Gasteiger partial charge in [-0.1, -0.05) is 47.5 Å². The summed E-state index contributed by atoms with van der Waals surface area (Å²) in [4.78, 5) is 4.78. The molecule has 144 valence electrons. The van der Waals surface area contributed by atoms with E-state index in [0.29, 0.717) is 27.1 Å². The van der Waals surface area contributed by atoms with Gasteiger partial charge in [-0.15, -0.1) is 0 Å². The van der Waals surface area contributed by atoms with E-state index >= 15 is 0 Å². The van der Waals surface area contributed by atoms with Crippen molar-refractivity contribution >= 4 is 44.6 Å². The first-order valence-corrected chi connectivity index (χ1v) is 10.9. The minimum atomic E-state index is -3.73. The number of aryl methyl sites for hydroxylation is 1. The molecule has 2 heterocycles. The number of sulfone groups is 1. The Morgan fingerprint density at radius 3 is 2.36 bits per heavy atom. The van der Waals surface area contributed by atoms with Crippen LogP contribution in [0.25, 0.3) is 0 Å². The van der Waals surface area contributed by atoms with Gasteiger partial charge in [0.25, 0.3) is 0 Å². The Bertz CT molecular complexity index is 1190. The maximum atomic E-state index is 13.6. The fourth-order valence-electron chi connectivity index (χ4n) is 3.56. The van der Waals surface area contributed by atoms with Crippen LogP contribution in [0.1, 0.15) is 24.2 Å². The predicted molar refractivity (Wildman–Crippen MR) is 112 cm³/mol. The average molecular weight is 434 g/mol. The highest BCUT2D eigenvalue weighted by Gasteiger charge is 2.43. The zero-order valence-electron chi connectivity index (χ0n) is 15.2. The highest BCUT2D eigenvalue weighted by Crippen LogP contribution is 2.39. The predicted octanol–water partition coefficient (Wildman–Crippen LogP) is 5.04. The molecule has 2 atom stereocenters. The Hall–Kier alpha value is -2.15. The topological polar surface area (TPSA) is 64.3 Å². The van der Waals surface area contributed by atoms with Crippen molar-refractivity contribution in [2.75, 3.05) is 0 Å². The second-order valence-corrected chi connectivity index (χ2v) is 9.62. The van der Waals surface area contributed by atoms with Gasteiger partial charge in [0.2, 0.25) is 0 Å². The van der Waals surface area contributed by atoms with Gasteiger partial charge in [-0.3, -0.25) is 0 Å². The number of nitrogens with zero attached hydrogens (tertiary/aromatic N) is 3. The molecule has 1 aromatic heterocycles. The second-order valence-electron chi connectivity index (χ2n) is 6.74. The van der Waals surface area contributed by atoms with Crippen molar-refractivity contribution in [2.45, 2.75) is 30.0 Å². The van der Waals surface area contributed by atoms with E-state index in [1.807, 2.05) is 13.0 Å². The number of aromatic nitrogens is 2. The van der Waals surface area contributed by atoms with Gasteiger partial charge in [-0.2, -0.15) is 5.10 Å². The van der Waals surface area contributed by atoms with Gasteiger partial charge in [-0.05, 0) is 43.7 Å². The minimum absolute atomic E-state index is 0.243. The second kappa shape index (κ2) is 7.03. The van der Waals surface area contributed by atoms with Crippen LogP contribution in [0.5, 0.6) is 0 Å². The van der Waals surface area contributed by atoms with Gasteiger partial charge in [0.05, 0.1) is 20.6 Å². The highest BCUT2D eigenvalue weighted by molar-refractivity contribution is 7.92. The Balaban J connectivity index is 1.96. The highest BCUT2D eigenvalue weighted by atomic mass is 35.5. The van der Waals surface area contributed by atoms with Crippen LogP contribution in [0.15, 0.2) is 64.5 Å². The van der Waals surface area contributed by atoms with Gasteiger partial charge in [0, 0.05) is 11.8 Å². The number of hydrogen-bond donors (Lipinski definition) is 0. The summed E-state index contributed by atoms with van der Waals surface area (Å²) in [5.74, 6) is 0.616. The van der Waals surface area contributed by atoms with Crippen molar-refractivity contribution in [3.63, 3.8) is 0 Å². The van der Waals surface area contributed by atoms with E-state index < -0.39 is 21.1 Å². The number of benzene rings is 2. The fourth-order valence-corrected chi connectivity index (χ4v) is 5.81. The molecule has 3 aromatic rings. The molecule has 0 N–H and O–H groups in total. The molecule has 1 aliphatic heterocycles. The van der Waals surface area contributed by atoms with Crippen LogP contribution in [-0.4, -0.2) is 29.2 Å². The normalized spacial score (nSPS) is 19.2. The average Bonchev–Trinajstić information content (AvgIpc) is 3.03. The number of hydrogen-bond acceptors (Lipinski definition) is 4. The first-order chi connectivity index (χ1) is 13.3. The summed E-state index contributed by atoms with van der Waals surface area (Å²) in [6.45, 7) is 3.59. The lowest BCUT2D eigenvalue weighted by Crippen LogP contribution is -2.41. The molecule has 0 spiro atoms. The van der Waals surface area contributed by atoms with Gasteiger partial charge < -0.3 is 0 Å². The fraction of sp³-hybridized carbons (Fsp3) is 0.200. The van der Waals surface area contributed by atoms with Gasteiger partial charge in [0.1, 0.15) is 11.3 Å². The third kappa shape index (κ3) is 3.15. The smallest absolute Gasteiger partial charge is 0.189 e. The molecule has 1 aliphatic rings. The molecule has 0 aliphatic carbocycles. The zero-order chi connectivity index (χ0) is 20.1. The third-order valence-electron chi connectivity index (χ3n) is 4.78. The minimum Gasteiger partial charge on any atom is -0.238 e. The number of fused-ring (bicyclic) bond motifs is 1. The standard InChI is InChI=1S/C20H17Cl2N3O2S/c1-12-10-18-23-13(2)20(28(26,27)15-6-4-3-5-7-15)19(25(18)24-12)14-8-9-16(21)17(22)11-14/h3-11,19-20H,1-2H3. The van der Waals surface area contributed by atoms with Crippen molar-refractivity contribution in [1.82, 2.24) is 9.78 Å². The lowest BCUT2D eigenvalue weighted by atomic mass is 9.99. The van der Waals surface area contributed by atoms with Crippen LogP contribution in [0, 0.1) is 6.92 Å². The molecule has 0 bridgehead atoms. The summed E-state index contributed by atoms with van der Waals surface area (Å²) in [6.07, 6.45) is 0. The van der Waals surface area contributed by atoms with E-state index in [1.165, 1.54) is 0 Å².